The smallest absolute Gasteiger partial charge is 0.192 e. The second kappa shape index (κ2) is 14.5. The Morgan fingerprint density at radius 3 is 1.57 bits per heavy atom. The van der Waals surface area contributed by atoms with E-state index in [9.17, 15) is 0 Å². The van der Waals surface area contributed by atoms with E-state index in [4.69, 9.17) is 4.43 Å². The topological polar surface area (TPSA) is 9.23 Å². The van der Waals surface area contributed by atoms with Gasteiger partial charge in [0.2, 0.25) is 0 Å². The van der Waals surface area contributed by atoms with Crippen LogP contribution in [0.2, 0.25) is 18.1 Å². The van der Waals surface area contributed by atoms with E-state index in [1.54, 1.807) is 0 Å². The third-order valence-electron chi connectivity index (χ3n) is 5.82. The van der Waals surface area contributed by atoms with Crippen molar-refractivity contribution in [2.24, 2.45) is 0 Å². The molecule has 0 atom stereocenters. The Labute approximate surface area is 148 Å². The summed E-state index contributed by atoms with van der Waals surface area (Å²) in [6.07, 6.45) is 21.5. The summed E-state index contributed by atoms with van der Waals surface area (Å²) >= 11 is 0. The molecular formula is C21H44OSi. The minimum atomic E-state index is -1.26. The number of unbranched alkanes of at least 4 members (excludes halogenated alkanes) is 11. The highest BCUT2D eigenvalue weighted by Crippen LogP contribution is 2.32. The molecule has 1 aliphatic heterocycles. The summed E-state index contributed by atoms with van der Waals surface area (Å²) < 4.78 is 6.45. The van der Waals surface area contributed by atoms with Gasteiger partial charge in [-0.2, -0.15) is 0 Å². The van der Waals surface area contributed by atoms with Crippen molar-refractivity contribution in [1.82, 2.24) is 0 Å². The molecule has 0 amide bonds. The van der Waals surface area contributed by atoms with E-state index >= 15 is 0 Å². The zero-order valence-corrected chi connectivity index (χ0v) is 17.3. The van der Waals surface area contributed by atoms with E-state index < -0.39 is 8.32 Å². The van der Waals surface area contributed by atoms with E-state index in [1.165, 1.54) is 114 Å². The van der Waals surface area contributed by atoms with Crippen LogP contribution in [-0.2, 0) is 4.43 Å². The molecule has 1 fully saturated rings. The summed E-state index contributed by atoms with van der Waals surface area (Å²) in [5.74, 6) is 0. The van der Waals surface area contributed by atoms with Crippen molar-refractivity contribution in [3.8, 4) is 0 Å². The van der Waals surface area contributed by atoms with Crippen LogP contribution in [0.15, 0.2) is 0 Å². The first-order chi connectivity index (χ1) is 11.3. The summed E-state index contributed by atoms with van der Waals surface area (Å²) in [6, 6.07) is 4.24. The fourth-order valence-electron chi connectivity index (χ4n) is 4.03. The molecular weight excluding hydrogens is 296 g/mol. The predicted molar refractivity (Wildman–Crippen MR) is 107 cm³/mol. The first-order valence-corrected chi connectivity index (χ1v) is 13.5. The maximum atomic E-state index is 6.45. The fraction of sp³-hybridized carbons (Fsp3) is 1.00. The largest absolute Gasteiger partial charge is 0.417 e. The highest BCUT2D eigenvalue weighted by atomic mass is 28.4. The molecule has 0 aromatic rings. The first kappa shape index (κ1) is 21.2. The van der Waals surface area contributed by atoms with E-state index in [0.29, 0.717) is 0 Å². The van der Waals surface area contributed by atoms with E-state index in [1.807, 2.05) is 0 Å². The lowest BCUT2D eigenvalue weighted by atomic mass is 10.1. The molecule has 23 heavy (non-hydrogen) atoms. The second-order valence-corrected chi connectivity index (χ2v) is 12.2. The minimum Gasteiger partial charge on any atom is -0.417 e. The molecule has 0 aromatic heterocycles. The number of hydrogen-bond donors (Lipinski definition) is 0. The molecule has 0 unspecified atom stereocenters. The van der Waals surface area contributed by atoms with Gasteiger partial charge in [0.1, 0.15) is 0 Å². The van der Waals surface area contributed by atoms with Gasteiger partial charge in [-0.3, -0.25) is 0 Å². The Bertz CT molecular complexity index is 248. The molecule has 1 nitrogen and oxygen atoms in total. The average Bonchev–Trinajstić information content (AvgIpc) is 2.60. The van der Waals surface area contributed by atoms with Crippen LogP contribution in [0.3, 0.4) is 0 Å². The van der Waals surface area contributed by atoms with Gasteiger partial charge in [-0.1, -0.05) is 104 Å². The quantitative estimate of drug-likeness (QED) is 0.218. The third-order valence-corrected chi connectivity index (χ3v) is 10.5. The number of hydrogen-bond acceptors (Lipinski definition) is 1. The van der Waals surface area contributed by atoms with Crippen molar-refractivity contribution in [1.29, 1.82) is 0 Å². The lowest BCUT2D eigenvalue weighted by Crippen LogP contribution is -2.39. The van der Waals surface area contributed by atoms with Crippen LogP contribution in [0.5, 0.6) is 0 Å². The monoisotopic (exact) mass is 340 g/mol. The molecule has 1 heterocycles. The van der Waals surface area contributed by atoms with E-state index in [-0.39, 0.29) is 0 Å². The predicted octanol–water partition coefficient (Wildman–Crippen LogP) is 7.85. The highest BCUT2D eigenvalue weighted by molar-refractivity contribution is 6.73. The van der Waals surface area contributed by atoms with Crippen LogP contribution in [-0.4, -0.2) is 14.9 Å². The summed E-state index contributed by atoms with van der Waals surface area (Å²) in [7, 11) is -1.26. The lowest BCUT2D eigenvalue weighted by Gasteiger charge is -2.34. The Morgan fingerprint density at radius 2 is 1.09 bits per heavy atom. The third kappa shape index (κ3) is 10.6. The zero-order chi connectivity index (χ0) is 16.6. The van der Waals surface area contributed by atoms with Crippen LogP contribution in [0.4, 0.5) is 0 Å². The SMILES string of the molecule is CCCCCCCCCCCCCCO[Si]1(CC)CCCCC1. The average molecular weight is 341 g/mol. The van der Waals surface area contributed by atoms with Crippen LogP contribution in [0, 0.1) is 0 Å². The highest BCUT2D eigenvalue weighted by Gasteiger charge is 2.34. The molecule has 2 heteroatoms. The summed E-state index contributed by atoms with van der Waals surface area (Å²) in [5.41, 5.74) is 0. The van der Waals surface area contributed by atoms with Gasteiger partial charge in [0, 0.05) is 6.61 Å². The van der Waals surface area contributed by atoms with Crippen molar-refractivity contribution in [3.05, 3.63) is 0 Å². The van der Waals surface area contributed by atoms with E-state index in [2.05, 4.69) is 13.8 Å². The lowest BCUT2D eigenvalue weighted by molar-refractivity contribution is 0.279. The van der Waals surface area contributed by atoms with Crippen molar-refractivity contribution >= 4 is 8.32 Å². The van der Waals surface area contributed by atoms with Gasteiger partial charge in [-0.15, -0.1) is 0 Å². The Morgan fingerprint density at radius 1 is 0.609 bits per heavy atom. The van der Waals surface area contributed by atoms with Crippen molar-refractivity contribution < 1.29 is 4.43 Å². The maximum Gasteiger partial charge on any atom is 0.192 e. The second-order valence-electron chi connectivity index (χ2n) is 7.83. The molecule has 0 N–H and O–H groups in total. The summed E-state index contributed by atoms with van der Waals surface area (Å²) in [5, 5.41) is 0. The molecule has 138 valence electrons. The fourth-order valence-corrected chi connectivity index (χ4v) is 7.84. The molecule has 0 bridgehead atoms. The Kier molecular flexibility index (Phi) is 13.4. The van der Waals surface area contributed by atoms with Gasteiger partial charge < -0.3 is 4.43 Å². The van der Waals surface area contributed by atoms with Gasteiger partial charge in [0.15, 0.2) is 8.32 Å². The van der Waals surface area contributed by atoms with Crippen molar-refractivity contribution in [2.75, 3.05) is 6.61 Å². The number of rotatable bonds is 15. The van der Waals surface area contributed by atoms with Crippen molar-refractivity contribution in [3.63, 3.8) is 0 Å². The standard InChI is InChI=1S/C21H44OSi/c1-3-5-6-7-8-9-10-11-12-13-14-16-19-22-23(4-2)20-17-15-18-21-23/h3-21H2,1-2H3. The maximum absolute atomic E-state index is 6.45. The van der Waals surface area contributed by atoms with Crippen LogP contribution in [0.25, 0.3) is 0 Å². The molecule has 0 saturated carbocycles. The molecule has 0 aliphatic carbocycles. The molecule has 1 saturated heterocycles. The summed E-state index contributed by atoms with van der Waals surface area (Å²) in [4.78, 5) is 0. The normalized spacial score (nSPS) is 17.5. The van der Waals surface area contributed by atoms with Crippen LogP contribution < -0.4 is 0 Å². The molecule has 0 spiro atoms. The molecule has 1 rings (SSSR count). The first-order valence-electron chi connectivity index (χ1n) is 11.0. The van der Waals surface area contributed by atoms with Gasteiger partial charge in [-0.05, 0) is 24.6 Å². The molecule has 0 radical (unpaired) electrons. The Balaban J connectivity index is 1.82. The minimum absolute atomic E-state index is 1.07. The van der Waals surface area contributed by atoms with Crippen LogP contribution >= 0.6 is 0 Å². The van der Waals surface area contributed by atoms with E-state index in [0.717, 1.165) is 6.61 Å². The summed E-state index contributed by atoms with van der Waals surface area (Å²) in [6.45, 7) is 5.74. The van der Waals surface area contributed by atoms with Gasteiger partial charge in [0.25, 0.3) is 0 Å². The zero-order valence-electron chi connectivity index (χ0n) is 16.3. The molecule has 0 aromatic carbocycles. The van der Waals surface area contributed by atoms with Gasteiger partial charge in [0.05, 0.1) is 0 Å². The Hall–Kier alpha value is 0.177. The van der Waals surface area contributed by atoms with Crippen LogP contribution in [0.1, 0.15) is 110 Å². The van der Waals surface area contributed by atoms with Gasteiger partial charge >= 0.3 is 0 Å². The van der Waals surface area contributed by atoms with Crippen molar-refractivity contribution in [2.45, 2.75) is 128 Å². The molecule has 1 aliphatic rings. The van der Waals surface area contributed by atoms with Gasteiger partial charge in [-0.25, -0.2) is 0 Å².